The third-order valence-corrected chi connectivity index (χ3v) is 2.16. The summed E-state index contributed by atoms with van der Waals surface area (Å²) in [5, 5.41) is 0. The van der Waals surface area contributed by atoms with Gasteiger partial charge in [0.05, 0.1) is 0 Å². The largest absolute Gasteiger partial charge is 0.293 e. The molecule has 0 aromatic heterocycles. The summed E-state index contributed by atoms with van der Waals surface area (Å²) in [6, 6.07) is 8.49. The van der Waals surface area contributed by atoms with E-state index in [1.54, 1.807) is 0 Å². The number of benzene rings is 1. The molecule has 0 bridgehead atoms. The lowest BCUT2D eigenvalue weighted by Gasteiger charge is -2.23. The standard InChI is InChI=1S/C10H11N/c1-11-7-6-9-4-2-3-5-10(9)8-11/h1-5H,6-8H2. The van der Waals surface area contributed by atoms with Gasteiger partial charge in [-0.3, -0.25) is 4.90 Å². The van der Waals surface area contributed by atoms with E-state index in [1.165, 1.54) is 11.1 Å². The van der Waals surface area contributed by atoms with Crippen molar-refractivity contribution in [3.63, 3.8) is 0 Å². The molecule has 0 spiro atoms. The summed E-state index contributed by atoms with van der Waals surface area (Å²) in [6.45, 7) is 1.88. The Hall–Kier alpha value is -0.820. The molecule has 0 fully saturated rings. The average molecular weight is 145 g/mol. The van der Waals surface area contributed by atoms with Gasteiger partial charge in [-0.15, -0.1) is 0 Å². The normalized spacial score (nSPS) is 17.9. The molecule has 2 rings (SSSR count). The van der Waals surface area contributed by atoms with Crippen molar-refractivity contribution in [3.05, 3.63) is 42.4 Å². The SMILES string of the molecule is [CH]N1CCc2ccccc2C1. The van der Waals surface area contributed by atoms with Crippen LogP contribution < -0.4 is 0 Å². The lowest BCUT2D eigenvalue weighted by atomic mass is 10.0. The highest BCUT2D eigenvalue weighted by atomic mass is 15.1. The summed E-state index contributed by atoms with van der Waals surface area (Å²) in [7, 11) is 5.68. The molecule has 1 aliphatic heterocycles. The lowest BCUT2D eigenvalue weighted by Crippen LogP contribution is -2.24. The highest BCUT2D eigenvalue weighted by Gasteiger charge is 2.11. The summed E-state index contributed by atoms with van der Waals surface area (Å²) >= 11 is 0. The van der Waals surface area contributed by atoms with Gasteiger partial charge in [0.15, 0.2) is 0 Å². The van der Waals surface area contributed by atoms with Gasteiger partial charge in [-0.1, -0.05) is 24.3 Å². The Labute approximate surface area is 67.6 Å². The maximum Gasteiger partial charge on any atom is 0.0442 e. The van der Waals surface area contributed by atoms with E-state index in [4.69, 9.17) is 7.05 Å². The van der Waals surface area contributed by atoms with Gasteiger partial charge in [0.1, 0.15) is 0 Å². The van der Waals surface area contributed by atoms with Crippen molar-refractivity contribution in [2.24, 2.45) is 0 Å². The molecule has 1 aromatic rings. The van der Waals surface area contributed by atoms with Crippen LogP contribution in [-0.4, -0.2) is 11.4 Å². The Morgan fingerprint density at radius 2 is 1.91 bits per heavy atom. The topological polar surface area (TPSA) is 3.24 Å². The molecular weight excluding hydrogens is 134 g/mol. The fourth-order valence-corrected chi connectivity index (χ4v) is 1.52. The first kappa shape index (κ1) is 6.86. The minimum absolute atomic E-state index is 0.899. The Morgan fingerprint density at radius 3 is 2.73 bits per heavy atom. The number of hydrogen-bond donors (Lipinski definition) is 0. The minimum Gasteiger partial charge on any atom is -0.293 e. The maximum absolute atomic E-state index is 5.68. The zero-order chi connectivity index (χ0) is 7.68. The summed E-state index contributed by atoms with van der Waals surface area (Å²) in [5.41, 5.74) is 2.83. The fraction of sp³-hybridized carbons (Fsp3) is 0.300. The maximum atomic E-state index is 5.68. The van der Waals surface area contributed by atoms with Crippen molar-refractivity contribution in [2.45, 2.75) is 13.0 Å². The quantitative estimate of drug-likeness (QED) is 0.537. The molecule has 1 aliphatic rings. The van der Waals surface area contributed by atoms with Crippen LogP contribution in [0, 0.1) is 7.05 Å². The van der Waals surface area contributed by atoms with Gasteiger partial charge in [-0.05, 0) is 17.5 Å². The molecule has 0 atom stereocenters. The van der Waals surface area contributed by atoms with Crippen molar-refractivity contribution < 1.29 is 0 Å². The second-order valence-corrected chi connectivity index (χ2v) is 2.99. The van der Waals surface area contributed by atoms with Crippen LogP contribution in [0.2, 0.25) is 0 Å². The smallest absolute Gasteiger partial charge is 0.0442 e. The molecule has 0 saturated heterocycles. The van der Waals surface area contributed by atoms with Gasteiger partial charge in [-0.2, -0.15) is 0 Å². The summed E-state index contributed by atoms with van der Waals surface area (Å²) in [6.07, 6.45) is 1.09. The van der Waals surface area contributed by atoms with E-state index in [1.807, 2.05) is 4.90 Å². The van der Waals surface area contributed by atoms with E-state index >= 15 is 0 Å². The van der Waals surface area contributed by atoms with Gasteiger partial charge in [0.2, 0.25) is 0 Å². The van der Waals surface area contributed by atoms with Gasteiger partial charge >= 0.3 is 0 Å². The molecule has 11 heavy (non-hydrogen) atoms. The predicted octanol–water partition coefficient (Wildman–Crippen LogP) is 1.71. The first-order valence-electron chi connectivity index (χ1n) is 3.93. The van der Waals surface area contributed by atoms with E-state index in [0.29, 0.717) is 0 Å². The summed E-state index contributed by atoms with van der Waals surface area (Å²) in [4.78, 5) is 1.86. The van der Waals surface area contributed by atoms with Crippen LogP contribution >= 0.6 is 0 Å². The van der Waals surface area contributed by atoms with E-state index < -0.39 is 0 Å². The molecule has 0 amide bonds. The molecule has 0 N–H and O–H groups in total. The third kappa shape index (κ3) is 1.29. The van der Waals surface area contributed by atoms with Gasteiger partial charge in [0.25, 0.3) is 0 Å². The molecule has 1 heterocycles. The lowest BCUT2D eigenvalue weighted by molar-refractivity contribution is 0.347. The van der Waals surface area contributed by atoms with Gasteiger partial charge in [-0.25, -0.2) is 0 Å². The van der Waals surface area contributed by atoms with Crippen molar-refractivity contribution in [3.8, 4) is 0 Å². The van der Waals surface area contributed by atoms with Crippen LogP contribution in [0.25, 0.3) is 0 Å². The number of hydrogen-bond acceptors (Lipinski definition) is 1. The van der Waals surface area contributed by atoms with Crippen LogP contribution in [-0.2, 0) is 13.0 Å². The van der Waals surface area contributed by atoms with Crippen LogP contribution in [0.5, 0.6) is 0 Å². The first-order chi connectivity index (χ1) is 5.36. The van der Waals surface area contributed by atoms with Crippen LogP contribution in [0.4, 0.5) is 0 Å². The molecule has 0 aliphatic carbocycles. The summed E-state index contributed by atoms with van der Waals surface area (Å²) in [5.74, 6) is 0. The van der Waals surface area contributed by atoms with Crippen molar-refractivity contribution in [2.75, 3.05) is 6.54 Å². The highest BCUT2D eigenvalue weighted by Crippen LogP contribution is 2.16. The van der Waals surface area contributed by atoms with Crippen LogP contribution in [0.1, 0.15) is 11.1 Å². The Kier molecular flexibility index (Phi) is 1.66. The van der Waals surface area contributed by atoms with E-state index in [9.17, 15) is 0 Å². The number of rotatable bonds is 0. The van der Waals surface area contributed by atoms with Crippen molar-refractivity contribution >= 4 is 0 Å². The Bertz CT molecular complexity index is 255. The summed E-state index contributed by atoms with van der Waals surface area (Å²) < 4.78 is 0. The second kappa shape index (κ2) is 2.67. The zero-order valence-electron chi connectivity index (χ0n) is 6.46. The molecule has 2 radical (unpaired) electrons. The van der Waals surface area contributed by atoms with Crippen molar-refractivity contribution in [1.29, 1.82) is 0 Å². The predicted molar refractivity (Wildman–Crippen MR) is 44.9 cm³/mol. The molecule has 1 nitrogen and oxygen atoms in total. The zero-order valence-corrected chi connectivity index (χ0v) is 6.46. The van der Waals surface area contributed by atoms with E-state index in [-0.39, 0.29) is 0 Å². The van der Waals surface area contributed by atoms with Gasteiger partial charge in [0, 0.05) is 20.1 Å². The monoisotopic (exact) mass is 145 g/mol. The van der Waals surface area contributed by atoms with Crippen LogP contribution in [0.3, 0.4) is 0 Å². The molecule has 0 saturated carbocycles. The highest BCUT2D eigenvalue weighted by molar-refractivity contribution is 5.28. The molecule has 1 heteroatoms. The molecule has 0 unspecified atom stereocenters. The first-order valence-corrected chi connectivity index (χ1v) is 3.93. The molecular formula is C10H11N. The third-order valence-electron chi connectivity index (χ3n) is 2.16. The fourth-order valence-electron chi connectivity index (χ4n) is 1.52. The number of nitrogens with zero attached hydrogens (tertiary/aromatic N) is 1. The van der Waals surface area contributed by atoms with E-state index in [0.717, 1.165) is 19.5 Å². The van der Waals surface area contributed by atoms with E-state index in [2.05, 4.69) is 24.3 Å². The Morgan fingerprint density at radius 1 is 1.18 bits per heavy atom. The average Bonchev–Trinajstić information content (AvgIpc) is 2.04. The molecule has 56 valence electrons. The molecule has 1 aromatic carbocycles. The van der Waals surface area contributed by atoms with Gasteiger partial charge < -0.3 is 0 Å². The van der Waals surface area contributed by atoms with Crippen LogP contribution in [0.15, 0.2) is 24.3 Å². The van der Waals surface area contributed by atoms with Crippen molar-refractivity contribution in [1.82, 2.24) is 4.90 Å². The Balaban J connectivity index is 2.34. The minimum atomic E-state index is 0.899. The number of fused-ring (bicyclic) bond motifs is 1. The second-order valence-electron chi connectivity index (χ2n) is 2.99.